The Morgan fingerprint density at radius 1 is 1.23 bits per heavy atom. The summed E-state index contributed by atoms with van der Waals surface area (Å²) < 4.78 is 3.65. The summed E-state index contributed by atoms with van der Waals surface area (Å²) in [6.07, 6.45) is 8.85. The van der Waals surface area contributed by atoms with E-state index in [1.54, 1.807) is 16.9 Å². The first-order valence-electron chi connectivity index (χ1n) is 8.00. The number of hydrogen-bond donors (Lipinski definition) is 0. The molecule has 3 heterocycles. The number of nitrogens with zero attached hydrogens (tertiary/aromatic N) is 4. The van der Waals surface area contributed by atoms with Crippen molar-refractivity contribution < 1.29 is 0 Å². The van der Waals surface area contributed by atoms with Gasteiger partial charge in [-0.15, -0.1) is 0 Å². The Kier molecular flexibility index (Phi) is 3.03. The average Bonchev–Trinajstić information content (AvgIpc) is 3.00. The van der Waals surface area contributed by atoms with E-state index in [1.807, 2.05) is 22.9 Å². The second kappa shape index (κ2) is 4.93. The van der Waals surface area contributed by atoms with Crippen LogP contribution in [-0.4, -0.2) is 19.2 Å². The van der Waals surface area contributed by atoms with Gasteiger partial charge in [-0.25, -0.2) is 9.50 Å². The Hall–Kier alpha value is -2.17. The molecule has 22 heavy (non-hydrogen) atoms. The minimum absolute atomic E-state index is 0.0494. The van der Waals surface area contributed by atoms with E-state index in [4.69, 9.17) is 0 Å². The topological polar surface area (TPSA) is 52.2 Å². The van der Waals surface area contributed by atoms with Crippen LogP contribution >= 0.6 is 0 Å². The fourth-order valence-corrected chi connectivity index (χ4v) is 3.78. The molecule has 0 unspecified atom stereocenters. The van der Waals surface area contributed by atoms with E-state index in [0.29, 0.717) is 17.2 Å². The molecule has 1 fully saturated rings. The first-order valence-corrected chi connectivity index (χ1v) is 8.00. The fourth-order valence-electron chi connectivity index (χ4n) is 3.78. The smallest absolute Gasteiger partial charge is 0.261 e. The SMILES string of the molecule is C[C@@H]1[C@H](C)CCC[C@@H]1n1ccc2c(cnc3ccnn32)c1=O. The van der Waals surface area contributed by atoms with Crippen molar-refractivity contribution in [3.63, 3.8) is 0 Å². The molecule has 1 aliphatic rings. The molecule has 0 spiro atoms. The van der Waals surface area contributed by atoms with Crippen LogP contribution < -0.4 is 5.56 Å². The van der Waals surface area contributed by atoms with Crippen LogP contribution in [0.25, 0.3) is 16.6 Å². The van der Waals surface area contributed by atoms with Gasteiger partial charge < -0.3 is 4.57 Å². The van der Waals surface area contributed by atoms with Gasteiger partial charge in [0.2, 0.25) is 0 Å². The van der Waals surface area contributed by atoms with E-state index in [2.05, 4.69) is 23.9 Å². The van der Waals surface area contributed by atoms with Gasteiger partial charge in [0.15, 0.2) is 5.65 Å². The molecule has 3 aromatic heterocycles. The molecule has 1 aliphatic carbocycles. The van der Waals surface area contributed by atoms with Crippen LogP contribution in [0, 0.1) is 11.8 Å². The van der Waals surface area contributed by atoms with Crippen molar-refractivity contribution in [2.45, 2.75) is 39.2 Å². The molecule has 4 rings (SSSR count). The van der Waals surface area contributed by atoms with Crippen molar-refractivity contribution in [1.29, 1.82) is 0 Å². The second-order valence-corrected chi connectivity index (χ2v) is 6.52. The predicted octanol–water partition coefficient (Wildman–Crippen LogP) is 3.04. The molecular weight excluding hydrogens is 276 g/mol. The molecule has 0 bridgehead atoms. The van der Waals surface area contributed by atoms with Gasteiger partial charge in [0, 0.05) is 24.5 Å². The summed E-state index contributed by atoms with van der Waals surface area (Å²) in [6.45, 7) is 4.55. The second-order valence-electron chi connectivity index (χ2n) is 6.52. The molecule has 1 saturated carbocycles. The predicted molar refractivity (Wildman–Crippen MR) is 86.0 cm³/mol. The van der Waals surface area contributed by atoms with Crippen molar-refractivity contribution in [2.75, 3.05) is 0 Å². The fraction of sp³-hybridized carbons (Fsp3) is 0.471. The highest BCUT2D eigenvalue weighted by Gasteiger charge is 2.29. The number of pyridine rings is 1. The molecule has 3 atom stereocenters. The Balaban J connectivity index is 1.91. The van der Waals surface area contributed by atoms with Gasteiger partial charge in [-0.3, -0.25) is 4.79 Å². The lowest BCUT2D eigenvalue weighted by molar-refractivity contribution is 0.183. The van der Waals surface area contributed by atoms with Gasteiger partial charge in [0.1, 0.15) is 0 Å². The molecule has 0 aliphatic heterocycles. The normalized spacial score (nSPS) is 25.8. The van der Waals surface area contributed by atoms with E-state index in [9.17, 15) is 4.79 Å². The van der Waals surface area contributed by atoms with E-state index >= 15 is 0 Å². The highest BCUT2D eigenvalue weighted by atomic mass is 16.1. The lowest BCUT2D eigenvalue weighted by Crippen LogP contribution is -2.33. The monoisotopic (exact) mass is 296 g/mol. The summed E-state index contributed by atoms with van der Waals surface area (Å²) in [5.74, 6) is 1.18. The van der Waals surface area contributed by atoms with Crippen LogP contribution in [0.3, 0.4) is 0 Å². The lowest BCUT2D eigenvalue weighted by Gasteiger charge is -2.35. The van der Waals surface area contributed by atoms with Crippen molar-refractivity contribution in [1.82, 2.24) is 19.2 Å². The summed E-state index contributed by atoms with van der Waals surface area (Å²) in [4.78, 5) is 17.3. The summed E-state index contributed by atoms with van der Waals surface area (Å²) in [5.41, 5.74) is 1.64. The molecular formula is C17H20N4O. The molecule has 114 valence electrons. The van der Waals surface area contributed by atoms with E-state index in [0.717, 1.165) is 17.6 Å². The highest BCUT2D eigenvalue weighted by molar-refractivity contribution is 5.79. The largest absolute Gasteiger partial charge is 0.311 e. The molecule has 0 amide bonds. The van der Waals surface area contributed by atoms with Crippen molar-refractivity contribution in [2.24, 2.45) is 11.8 Å². The maximum absolute atomic E-state index is 12.9. The van der Waals surface area contributed by atoms with Gasteiger partial charge in [-0.05, 0) is 24.3 Å². The summed E-state index contributed by atoms with van der Waals surface area (Å²) in [5, 5.41) is 4.91. The maximum atomic E-state index is 12.9. The number of hydrogen-bond acceptors (Lipinski definition) is 3. The Morgan fingerprint density at radius 2 is 2.09 bits per heavy atom. The van der Waals surface area contributed by atoms with E-state index in [-0.39, 0.29) is 11.6 Å². The Morgan fingerprint density at radius 3 is 2.95 bits per heavy atom. The van der Waals surface area contributed by atoms with Crippen molar-refractivity contribution in [3.8, 4) is 0 Å². The zero-order valence-electron chi connectivity index (χ0n) is 12.9. The standard InChI is InChI=1S/C17H20N4O/c1-11-4-3-5-14(12(11)2)20-9-7-15-13(17(20)22)10-18-16-6-8-19-21(15)16/h6-12,14H,3-5H2,1-2H3/t11-,12-,14+/m1/s1. The van der Waals surface area contributed by atoms with Crippen LogP contribution in [0.5, 0.6) is 0 Å². The number of rotatable bonds is 1. The molecule has 5 nitrogen and oxygen atoms in total. The quantitative estimate of drug-likeness (QED) is 0.693. The maximum Gasteiger partial charge on any atom is 0.261 e. The Bertz CT molecular complexity index is 894. The first kappa shape index (κ1) is 13.5. The summed E-state index contributed by atoms with van der Waals surface area (Å²) in [7, 11) is 0. The minimum atomic E-state index is 0.0494. The molecule has 3 aromatic rings. The first-order chi connectivity index (χ1) is 10.7. The van der Waals surface area contributed by atoms with Gasteiger partial charge >= 0.3 is 0 Å². The zero-order valence-corrected chi connectivity index (χ0v) is 12.9. The third-order valence-corrected chi connectivity index (χ3v) is 5.33. The summed E-state index contributed by atoms with van der Waals surface area (Å²) in [6, 6.07) is 4.12. The third kappa shape index (κ3) is 1.88. The van der Waals surface area contributed by atoms with E-state index < -0.39 is 0 Å². The van der Waals surface area contributed by atoms with Gasteiger partial charge in [-0.2, -0.15) is 5.10 Å². The van der Waals surface area contributed by atoms with Gasteiger partial charge in [-0.1, -0.05) is 26.7 Å². The van der Waals surface area contributed by atoms with Gasteiger partial charge in [0.25, 0.3) is 5.56 Å². The molecule has 5 heteroatoms. The van der Waals surface area contributed by atoms with Crippen LogP contribution in [-0.2, 0) is 0 Å². The third-order valence-electron chi connectivity index (χ3n) is 5.33. The molecule has 0 N–H and O–H groups in total. The Labute approximate surface area is 128 Å². The highest BCUT2D eigenvalue weighted by Crippen LogP contribution is 2.36. The van der Waals surface area contributed by atoms with Crippen molar-refractivity contribution >= 4 is 16.6 Å². The number of fused-ring (bicyclic) bond motifs is 3. The number of aromatic nitrogens is 4. The van der Waals surface area contributed by atoms with Crippen LogP contribution in [0.4, 0.5) is 0 Å². The van der Waals surface area contributed by atoms with Gasteiger partial charge in [0.05, 0.1) is 17.1 Å². The molecule has 0 aromatic carbocycles. The van der Waals surface area contributed by atoms with Crippen LogP contribution in [0.2, 0.25) is 0 Å². The van der Waals surface area contributed by atoms with Crippen LogP contribution in [0.15, 0.2) is 35.5 Å². The minimum Gasteiger partial charge on any atom is -0.311 e. The summed E-state index contributed by atoms with van der Waals surface area (Å²) >= 11 is 0. The zero-order chi connectivity index (χ0) is 15.3. The van der Waals surface area contributed by atoms with E-state index in [1.165, 1.54) is 12.8 Å². The average molecular weight is 296 g/mol. The molecule has 0 radical (unpaired) electrons. The van der Waals surface area contributed by atoms with Crippen molar-refractivity contribution in [3.05, 3.63) is 41.1 Å². The molecule has 0 saturated heterocycles. The lowest BCUT2D eigenvalue weighted by atomic mass is 9.78. The van der Waals surface area contributed by atoms with Crippen LogP contribution in [0.1, 0.15) is 39.2 Å².